The smallest absolute Gasteiger partial charge is 0.228 e. The van der Waals surface area contributed by atoms with Gasteiger partial charge in [0.15, 0.2) is 0 Å². The van der Waals surface area contributed by atoms with Crippen LogP contribution in [-0.2, 0) is 17.8 Å². The lowest BCUT2D eigenvalue weighted by Gasteiger charge is -2.32. The second-order valence-corrected chi connectivity index (χ2v) is 9.48. The lowest BCUT2D eigenvalue weighted by atomic mass is 10.1. The first-order valence-corrected chi connectivity index (χ1v) is 11.9. The molecule has 1 aliphatic rings. The molecule has 1 aromatic heterocycles. The third-order valence-corrected chi connectivity index (χ3v) is 6.91. The molecular weight excluding hydrogens is 457 g/mol. The van der Waals surface area contributed by atoms with E-state index < -0.39 is 0 Å². The summed E-state index contributed by atoms with van der Waals surface area (Å²) in [4.78, 5) is 17.6. The van der Waals surface area contributed by atoms with Gasteiger partial charge in [-0.3, -0.25) is 9.69 Å². The number of aryl methyl sites for hydroxylation is 1. The minimum Gasteiger partial charge on any atom is -0.326 e. The average Bonchev–Trinajstić information content (AvgIpc) is 3.07. The van der Waals surface area contributed by atoms with Crippen LogP contribution in [0, 0.1) is 13.8 Å². The Hall–Kier alpha value is -2.38. The van der Waals surface area contributed by atoms with Gasteiger partial charge in [0.1, 0.15) is 0 Å². The second kappa shape index (κ2) is 10.3. The monoisotopic (exact) mass is 485 g/mol. The quantitative estimate of drug-likeness (QED) is 0.548. The molecule has 33 heavy (non-hydrogen) atoms. The predicted octanol–water partition coefficient (Wildman–Crippen LogP) is 4.72. The number of carbonyl (C=O) groups excluding carboxylic acids is 1. The zero-order chi connectivity index (χ0) is 23.5. The third-order valence-electron chi connectivity index (χ3n) is 6.17. The third kappa shape index (κ3) is 5.76. The van der Waals surface area contributed by atoms with Gasteiger partial charge in [0.25, 0.3) is 0 Å². The Morgan fingerprint density at radius 1 is 1.00 bits per heavy atom. The number of rotatable bonds is 6. The van der Waals surface area contributed by atoms with E-state index in [1.54, 1.807) is 16.8 Å². The van der Waals surface area contributed by atoms with E-state index in [2.05, 4.69) is 39.4 Å². The zero-order valence-corrected chi connectivity index (χ0v) is 20.7. The summed E-state index contributed by atoms with van der Waals surface area (Å²) in [6, 6.07) is 13.5. The Kier molecular flexibility index (Phi) is 7.39. The summed E-state index contributed by atoms with van der Waals surface area (Å²) in [6.07, 6.45) is 0.252. The molecule has 1 fully saturated rings. The molecule has 0 radical (unpaired) electrons. The van der Waals surface area contributed by atoms with Crippen LogP contribution in [0.2, 0.25) is 10.0 Å². The number of amides is 1. The first-order valence-electron chi connectivity index (χ1n) is 11.1. The molecule has 3 aromatic rings. The topological polar surface area (TPSA) is 53.4 Å². The van der Waals surface area contributed by atoms with Crippen molar-refractivity contribution in [2.45, 2.75) is 26.8 Å². The molecule has 0 unspecified atom stereocenters. The number of likely N-dealkylation sites (N-methyl/N-ethyl adjacent to an activating group) is 1. The van der Waals surface area contributed by atoms with E-state index in [1.165, 1.54) is 5.56 Å². The highest BCUT2D eigenvalue weighted by Gasteiger charge is 2.17. The summed E-state index contributed by atoms with van der Waals surface area (Å²) >= 11 is 12.2. The van der Waals surface area contributed by atoms with Crippen LogP contribution in [0.3, 0.4) is 0 Å². The second-order valence-electron chi connectivity index (χ2n) is 8.66. The molecule has 1 amide bonds. The van der Waals surface area contributed by atoms with E-state index in [4.69, 9.17) is 23.2 Å². The zero-order valence-electron chi connectivity index (χ0n) is 19.2. The van der Waals surface area contributed by atoms with Crippen LogP contribution in [0.4, 0.5) is 5.69 Å². The van der Waals surface area contributed by atoms with Gasteiger partial charge < -0.3 is 10.2 Å². The largest absolute Gasteiger partial charge is 0.326 e. The molecule has 1 N–H and O–H groups in total. The van der Waals surface area contributed by atoms with Gasteiger partial charge in [0, 0.05) is 49.7 Å². The highest BCUT2D eigenvalue weighted by Crippen LogP contribution is 2.26. The summed E-state index contributed by atoms with van der Waals surface area (Å²) in [6.45, 7) is 9.19. The molecule has 0 spiro atoms. The van der Waals surface area contributed by atoms with Crippen molar-refractivity contribution >= 4 is 34.8 Å². The number of hydrogen-bond acceptors (Lipinski definition) is 4. The molecule has 174 valence electrons. The summed E-state index contributed by atoms with van der Waals surface area (Å²) in [5.74, 6) is -0.0679. The molecular formula is C25H29Cl2N5O. The molecule has 1 aliphatic heterocycles. The number of hydrogen-bond donors (Lipinski definition) is 1. The van der Waals surface area contributed by atoms with Crippen molar-refractivity contribution in [3.05, 3.63) is 75.0 Å². The Morgan fingerprint density at radius 2 is 1.70 bits per heavy atom. The van der Waals surface area contributed by atoms with Crippen molar-refractivity contribution in [3.63, 3.8) is 0 Å². The number of carbonyl (C=O) groups is 1. The Bertz CT molecular complexity index is 1130. The first kappa shape index (κ1) is 23.8. The summed E-state index contributed by atoms with van der Waals surface area (Å²) in [7, 11) is 2.16. The molecule has 2 aromatic carbocycles. The van der Waals surface area contributed by atoms with Crippen LogP contribution in [0.1, 0.15) is 22.5 Å². The van der Waals surface area contributed by atoms with Crippen molar-refractivity contribution in [1.29, 1.82) is 0 Å². The maximum atomic E-state index is 12.8. The van der Waals surface area contributed by atoms with Crippen LogP contribution in [0.5, 0.6) is 0 Å². The highest BCUT2D eigenvalue weighted by atomic mass is 35.5. The number of anilines is 1. The van der Waals surface area contributed by atoms with Gasteiger partial charge >= 0.3 is 0 Å². The number of halogens is 2. The van der Waals surface area contributed by atoms with Crippen molar-refractivity contribution < 1.29 is 4.79 Å². The standard InChI is InChI=1S/C25H29Cl2N5O/c1-17-22(18(2)32(29-17)21-8-9-23(26)24(27)14-21)15-25(33)28-20-6-4-19(5-7-20)16-31-12-10-30(3)11-13-31/h4-9,14H,10-13,15-16H2,1-3H3,(H,28,33). The summed E-state index contributed by atoms with van der Waals surface area (Å²) < 4.78 is 1.80. The average molecular weight is 486 g/mol. The molecule has 8 heteroatoms. The predicted molar refractivity (Wildman–Crippen MR) is 135 cm³/mol. The maximum absolute atomic E-state index is 12.8. The van der Waals surface area contributed by atoms with Gasteiger partial charge in [0.2, 0.25) is 5.91 Å². The van der Waals surface area contributed by atoms with Gasteiger partial charge in [-0.1, -0.05) is 35.3 Å². The first-order chi connectivity index (χ1) is 15.8. The Morgan fingerprint density at radius 3 is 2.36 bits per heavy atom. The fourth-order valence-corrected chi connectivity index (χ4v) is 4.41. The molecule has 0 saturated carbocycles. The molecule has 1 saturated heterocycles. The number of nitrogens with one attached hydrogen (secondary N) is 1. The molecule has 4 rings (SSSR count). The lowest BCUT2D eigenvalue weighted by molar-refractivity contribution is -0.115. The Labute approximate surface area is 205 Å². The van der Waals surface area contributed by atoms with E-state index in [0.717, 1.165) is 61.0 Å². The van der Waals surface area contributed by atoms with E-state index >= 15 is 0 Å². The van der Waals surface area contributed by atoms with Crippen LogP contribution in [0.25, 0.3) is 5.69 Å². The molecule has 0 aliphatic carbocycles. The van der Waals surface area contributed by atoms with Crippen molar-refractivity contribution in [2.24, 2.45) is 0 Å². The molecule has 6 nitrogen and oxygen atoms in total. The number of aromatic nitrogens is 2. The van der Waals surface area contributed by atoms with E-state index in [9.17, 15) is 4.79 Å². The van der Waals surface area contributed by atoms with E-state index in [1.807, 2.05) is 32.0 Å². The Balaban J connectivity index is 1.38. The highest BCUT2D eigenvalue weighted by molar-refractivity contribution is 6.42. The van der Waals surface area contributed by atoms with Crippen LogP contribution in [0.15, 0.2) is 42.5 Å². The maximum Gasteiger partial charge on any atom is 0.228 e. The normalized spacial score (nSPS) is 15.1. The van der Waals surface area contributed by atoms with Gasteiger partial charge in [-0.25, -0.2) is 4.68 Å². The van der Waals surface area contributed by atoms with Gasteiger partial charge in [-0.2, -0.15) is 5.10 Å². The minimum absolute atomic E-state index is 0.0679. The number of benzene rings is 2. The lowest BCUT2D eigenvalue weighted by Crippen LogP contribution is -2.43. The van der Waals surface area contributed by atoms with Crippen LogP contribution >= 0.6 is 23.2 Å². The van der Waals surface area contributed by atoms with Crippen molar-refractivity contribution in [2.75, 3.05) is 38.5 Å². The van der Waals surface area contributed by atoms with Gasteiger partial charge in [-0.15, -0.1) is 0 Å². The number of piperazine rings is 1. The number of nitrogens with zero attached hydrogens (tertiary/aromatic N) is 4. The van der Waals surface area contributed by atoms with Crippen molar-refractivity contribution in [1.82, 2.24) is 19.6 Å². The summed E-state index contributed by atoms with van der Waals surface area (Å²) in [5, 5.41) is 8.59. The molecule has 0 atom stereocenters. The van der Waals surface area contributed by atoms with E-state index in [-0.39, 0.29) is 12.3 Å². The fraction of sp³-hybridized carbons (Fsp3) is 0.360. The van der Waals surface area contributed by atoms with Crippen LogP contribution in [-0.4, -0.2) is 58.7 Å². The minimum atomic E-state index is -0.0679. The van der Waals surface area contributed by atoms with E-state index in [0.29, 0.717) is 10.0 Å². The molecule has 2 heterocycles. The summed E-state index contributed by atoms with van der Waals surface area (Å²) in [5.41, 5.74) is 5.50. The van der Waals surface area contributed by atoms with Gasteiger partial charge in [-0.05, 0) is 56.8 Å². The SMILES string of the molecule is Cc1nn(-c2ccc(Cl)c(Cl)c2)c(C)c1CC(=O)Nc1ccc(CN2CCN(C)CC2)cc1. The molecule has 0 bridgehead atoms. The fourth-order valence-electron chi connectivity index (χ4n) is 4.12. The van der Waals surface area contributed by atoms with Crippen molar-refractivity contribution in [3.8, 4) is 5.69 Å². The van der Waals surface area contributed by atoms with Gasteiger partial charge in [0.05, 0.1) is 27.8 Å². The van der Waals surface area contributed by atoms with Crippen LogP contribution < -0.4 is 5.32 Å².